The van der Waals surface area contributed by atoms with Crippen LogP contribution < -0.4 is 5.73 Å². The molecule has 0 aromatic rings. The van der Waals surface area contributed by atoms with Gasteiger partial charge in [-0.1, -0.05) is 13.8 Å². The van der Waals surface area contributed by atoms with Crippen molar-refractivity contribution in [2.45, 2.75) is 64.5 Å². The number of piperidine rings is 1. The Hall–Kier alpha value is -0.120. The van der Waals surface area contributed by atoms with Crippen LogP contribution in [-0.2, 0) is 4.74 Å². The van der Waals surface area contributed by atoms with Gasteiger partial charge in [-0.15, -0.1) is 0 Å². The van der Waals surface area contributed by atoms with Gasteiger partial charge in [0.1, 0.15) is 0 Å². The summed E-state index contributed by atoms with van der Waals surface area (Å²) in [6.45, 7) is 8.03. The predicted octanol–water partition coefficient (Wildman–Crippen LogP) is 2.64. The molecule has 2 atom stereocenters. The molecule has 112 valence electrons. The van der Waals surface area contributed by atoms with E-state index in [-0.39, 0.29) is 0 Å². The maximum absolute atomic E-state index is 5.96. The molecule has 1 aliphatic carbocycles. The van der Waals surface area contributed by atoms with E-state index >= 15 is 0 Å². The highest BCUT2D eigenvalue weighted by Gasteiger charge is 2.32. The molecular formula is C16H32N2O. The predicted molar refractivity (Wildman–Crippen MR) is 80.2 cm³/mol. The number of hydrogen-bond acceptors (Lipinski definition) is 3. The van der Waals surface area contributed by atoms with Crippen LogP contribution in [0.5, 0.6) is 0 Å². The molecule has 0 amide bonds. The van der Waals surface area contributed by atoms with Gasteiger partial charge in [0, 0.05) is 32.8 Å². The Balaban J connectivity index is 1.82. The Labute approximate surface area is 118 Å². The topological polar surface area (TPSA) is 38.5 Å². The molecule has 0 aromatic heterocycles. The van der Waals surface area contributed by atoms with E-state index in [4.69, 9.17) is 10.5 Å². The third-order valence-electron chi connectivity index (χ3n) is 5.35. The second kappa shape index (κ2) is 6.55. The Morgan fingerprint density at radius 1 is 1.21 bits per heavy atom. The van der Waals surface area contributed by atoms with Gasteiger partial charge in [0.15, 0.2) is 0 Å². The van der Waals surface area contributed by atoms with Gasteiger partial charge in [-0.05, 0) is 49.9 Å². The van der Waals surface area contributed by atoms with Crippen LogP contribution in [0.4, 0.5) is 0 Å². The molecule has 0 radical (unpaired) electrons. The van der Waals surface area contributed by atoms with Crippen LogP contribution in [0.25, 0.3) is 0 Å². The summed E-state index contributed by atoms with van der Waals surface area (Å²) < 4.78 is 5.51. The number of nitrogens with two attached hydrogens (primary N) is 1. The van der Waals surface area contributed by atoms with Crippen molar-refractivity contribution in [3.63, 3.8) is 0 Å². The second-order valence-corrected chi connectivity index (χ2v) is 7.37. The minimum atomic E-state index is 0.426. The van der Waals surface area contributed by atoms with Crippen molar-refractivity contribution in [1.29, 1.82) is 0 Å². The van der Waals surface area contributed by atoms with E-state index in [9.17, 15) is 0 Å². The lowest BCUT2D eigenvalue weighted by Gasteiger charge is -2.42. The monoisotopic (exact) mass is 268 g/mol. The standard InChI is InChI=1S/C16H32N2O/c1-16(2)7-4-13(5-8-16)12-18-9-6-15(19-3)10-14(18)11-17/h13-15H,4-12,17H2,1-3H3. The van der Waals surface area contributed by atoms with E-state index in [1.165, 1.54) is 45.2 Å². The van der Waals surface area contributed by atoms with Crippen molar-refractivity contribution < 1.29 is 4.74 Å². The van der Waals surface area contributed by atoms with Gasteiger partial charge in [-0.25, -0.2) is 0 Å². The van der Waals surface area contributed by atoms with E-state index < -0.39 is 0 Å². The van der Waals surface area contributed by atoms with Crippen molar-refractivity contribution in [1.82, 2.24) is 4.90 Å². The zero-order valence-electron chi connectivity index (χ0n) is 13.0. The molecule has 19 heavy (non-hydrogen) atoms. The molecule has 2 aliphatic rings. The zero-order chi connectivity index (χ0) is 13.9. The Morgan fingerprint density at radius 3 is 2.47 bits per heavy atom. The minimum absolute atomic E-state index is 0.426. The maximum Gasteiger partial charge on any atom is 0.0599 e. The van der Waals surface area contributed by atoms with Crippen molar-refractivity contribution in [3.8, 4) is 0 Å². The first-order valence-corrected chi connectivity index (χ1v) is 8.01. The number of methoxy groups -OCH3 is 1. The summed E-state index contributed by atoms with van der Waals surface area (Å²) in [6.07, 6.45) is 8.29. The molecule has 0 aromatic carbocycles. The molecule has 3 heteroatoms. The molecule has 0 bridgehead atoms. The zero-order valence-corrected chi connectivity index (χ0v) is 13.0. The number of rotatable bonds is 4. The molecule has 2 unspecified atom stereocenters. The number of hydrogen-bond donors (Lipinski definition) is 1. The first-order valence-electron chi connectivity index (χ1n) is 8.01. The van der Waals surface area contributed by atoms with E-state index in [2.05, 4.69) is 18.7 Å². The third-order valence-corrected chi connectivity index (χ3v) is 5.35. The summed E-state index contributed by atoms with van der Waals surface area (Å²) >= 11 is 0. The fraction of sp³-hybridized carbons (Fsp3) is 1.00. The molecular weight excluding hydrogens is 236 g/mol. The van der Waals surface area contributed by atoms with Crippen molar-refractivity contribution in [3.05, 3.63) is 0 Å². The smallest absolute Gasteiger partial charge is 0.0599 e. The normalized spacial score (nSPS) is 33.5. The summed E-state index contributed by atoms with van der Waals surface area (Å²) in [5, 5.41) is 0. The third kappa shape index (κ3) is 4.17. The van der Waals surface area contributed by atoms with Crippen LogP contribution in [-0.4, -0.2) is 43.8 Å². The summed E-state index contributed by atoms with van der Waals surface area (Å²) in [6, 6.07) is 0.536. The molecule has 2 N–H and O–H groups in total. The average molecular weight is 268 g/mol. The van der Waals surface area contributed by atoms with Crippen LogP contribution in [0.2, 0.25) is 0 Å². The Morgan fingerprint density at radius 2 is 1.89 bits per heavy atom. The SMILES string of the molecule is COC1CCN(CC2CCC(C)(C)CC2)C(CN)C1. The number of nitrogens with zero attached hydrogens (tertiary/aromatic N) is 1. The highest BCUT2D eigenvalue weighted by Crippen LogP contribution is 2.38. The molecule has 3 nitrogen and oxygen atoms in total. The van der Waals surface area contributed by atoms with Crippen molar-refractivity contribution >= 4 is 0 Å². The molecule has 1 saturated heterocycles. The van der Waals surface area contributed by atoms with Gasteiger partial charge in [-0.3, -0.25) is 4.90 Å². The van der Waals surface area contributed by atoms with Crippen LogP contribution in [0.15, 0.2) is 0 Å². The van der Waals surface area contributed by atoms with Crippen LogP contribution in [0.1, 0.15) is 52.4 Å². The van der Waals surface area contributed by atoms with Crippen molar-refractivity contribution in [2.75, 3.05) is 26.7 Å². The molecule has 0 spiro atoms. The van der Waals surface area contributed by atoms with Gasteiger partial charge in [0.2, 0.25) is 0 Å². The number of likely N-dealkylation sites (tertiary alicyclic amines) is 1. The average Bonchev–Trinajstić information content (AvgIpc) is 2.41. The molecule has 1 saturated carbocycles. The lowest BCUT2D eigenvalue weighted by atomic mass is 9.73. The fourth-order valence-electron chi connectivity index (χ4n) is 3.74. The van der Waals surface area contributed by atoms with Gasteiger partial charge >= 0.3 is 0 Å². The van der Waals surface area contributed by atoms with E-state index in [1.54, 1.807) is 0 Å². The summed E-state index contributed by atoms with van der Waals surface area (Å²) in [4.78, 5) is 2.64. The maximum atomic E-state index is 5.96. The Bertz CT molecular complexity index is 270. The van der Waals surface area contributed by atoms with Gasteiger partial charge < -0.3 is 10.5 Å². The van der Waals surface area contributed by atoms with Gasteiger partial charge in [0.25, 0.3) is 0 Å². The van der Waals surface area contributed by atoms with Crippen molar-refractivity contribution in [2.24, 2.45) is 17.1 Å². The second-order valence-electron chi connectivity index (χ2n) is 7.37. The summed E-state index contributed by atoms with van der Waals surface area (Å²) in [7, 11) is 1.83. The van der Waals surface area contributed by atoms with Gasteiger partial charge in [0.05, 0.1) is 6.10 Å². The van der Waals surface area contributed by atoms with Crippen LogP contribution in [0, 0.1) is 11.3 Å². The van der Waals surface area contributed by atoms with E-state index in [0.29, 0.717) is 17.6 Å². The molecule has 1 aliphatic heterocycles. The van der Waals surface area contributed by atoms with Crippen LogP contribution >= 0.6 is 0 Å². The molecule has 2 rings (SSSR count). The largest absolute Gasteiger partial charge is 0.381 e. The summed E-state index contributed by atoms with van der Waals surface area (Å²) in [5.41, 5.74) is 6.54. The van der Waals surface area contributed by atoms with Gasteiger partial charge in [-0.2, -0.15) is 0 Å². The number of ether oxygens (including phenoxy) is 1. The highest BCUT2D eigenvalue weighted by atomic mass is 16.5. The first kappa shape index (κ1) is 15.3. The summed E-state index contributed by atoms with van der Waals surface area (Å²) in [5.74, 6) is 0.890. The first-order chi connectivity index (χ1) is 9.04. The Kier molecular flexibility index (Phi) is 5.27. The van der Waals surface area contributed by atoms with E-state index in [1.807, 2.05) is 7.11 Å². The molecule has 1 heterocycles. The lowest BCUT2D eigenvalue weighted by Crippen LogP contribution is -2.50. The molecule has 2 fully saturated rings. The minimum Gasteiger partial charge on any atom is -0.381 e. The highest BCUT2D eigenvalue weighted by molar-refractivity contribution is 4.86. The van der Waals surface area contributed by atoms with E-state index in [0.717, 1.165) is 18.9 Å². The quantitative estimate of drug-likeness (QED) is 0.852. The lowest BCUT2D eigenvalue weighted by molar-refractivity contribution is 0.00310. The fourth-order valence-corrected chi connectivity index (χ4v) is 3.74. The van der Waals surface area contributed by atoms with Crippen LogP contribution in [0.3, 0.4) is 0 Å².